The van der Waals surface area contributed by atoms with Crippen molar-refractivity contribution in [2.75, 3.05) is 13.1 Å². The Kier molecular flexibility index (Phi) is 11.6. The zero-order valence-corrected chi connectivity index (χ0v) is 16.3. The molecule has 0 aliphatic carbocycles. The number of unbranched alkanes of at least 4 members (excludes halogenated alkanes) is 3. The van der Waals surface area contributed by atoms with Crippen molar-refractivity contribution in [2.45, 2.75) is 64.7 Å². The predicted octanol–water partition coefficient (Wildman–Crippen LogP) is 2.98. The van der Waals surface area contributed by atoms with E-state index in [1.54, 1.807) is 0 Å². The third kappa shape index (κ3) is 12.6. The van der Waals surface area contributed by atoms with Crippen LogP contribution >= 0.6 is 0 Å². The predicted molar refractivity (Wildman–Crippen MR) is 105 cm³/mol. The molecule has 1 aromatic rings. The van der Waals surface area contributed by atoms with Crippen LogP contribution in [-0.4, -0.2) is 36.0 Å². The molecule has 6 heteroatoms. The van der Waals surface area contributed by atoms with Crippen LogP contribution in [0.2, 0.25) is 0 Å². The van der Waals surface area contributed by atoms with Crippen molar-refractivity contribution in [2.24, 2.45) is 0 Å². The lowest BCUT2D eigenvalue weighted by molar-refractivity contribution is -0.138. The Labute approximate surface area is 161 Å². The monoisotopic (exact) mass is 376 g/mol. The van der Waals surface area contributed by atoms with Crippen molar-refractivity contribution in [1.29, 1.82) is 0 Å². The van der Waals surface area contributed by atoms with Gasteiger partial charge in [0.25, 0.3) is 0 Å². The smallest absolute Gasteiger partial charge is 0.303 e. The maximum absolute atomic E-state index is 11.8. The summed E-state index contributed by atoms with van der Waals surface area (Å²) in [7, 11) is 0. The fourth-order valence-corrected chi connectivity index (χ4v) is 2.66. The van der Waals surface area contributed by atoms with E-state index in [0.29, 0.717) is 19.5 Å². The molecule has 0 unspecified atom stereocenters. The van der Waals surface area contributed by atoms with Crippen LogP contribution in [-0.2, 0) is 20.8 Å². The van der Waals surface area contributed by atoms with Gasteiger partial charge >= 0.3 is 5.97 Å². The Bertz CT molecular complexity index is 584. The van der Waals surface area contributed by atoms with Crippen LogP contribution in [0.1, 0.15) is 62.5 Å². The van der Waals surface area contributed by atoms with E-state index < -0.39 is 5.97 Å². The maximum atomic E-state index is 11.8. The molecule has 0 spiro atoms. The number of carboxylic acids is 1. The number of hydrogen-bond donors (Lipinski definition) is 3. The highest BCUT2D eigenvalue weighted by Crippen LogP contribution is 2.07. The first-order valence-electron chi connectivity index (χ1n) is 9.78. The highest BCUT2D eigenvalue weighted by Gasteiger charge is 2.04. The van der Waals surface area contributed by atoms with Crippen LogP contribution in [0.4, 0.5) is 0 Å². The lowest BCUT2D eigenvalue weighted by Crippen LogP contribution is -2.25. The zero-order chi connectivity index (χ0) is 19.9. The highest BCUT2D eigenvalue weighted by atomic mass is 16.4. The second-order valence-electron chi connectivity index (χ2n) is 6.85. The SMILES string of the molecule is Cc1ccc(CCCC(=O)NCCCCCCNC(=O)CCC(=O)O)cc1. The summed E-state index contributed by atoms with van der Waals surface area (Å²) < 4.78 is 0. The molecule has 0 heterocycles. The fraction of sp³-hybridized carbons (Fsp3) is 0.571. The molecule has 0 saturated carbocycles. The molecule has 150 valence electrons. The van der Waals surface area contributed by atoms with Crippen LogP contribution in [0.5, 0.6) is 0 Å². The molecule has 3 N–H and O–H groups in total. The van der Waals surface area contributed by atoms with Crippen molar-refractivity contribution >= 4 is 17.8 Å². The van der Waals surface area contributed by atoms with E-state index in [0.717, 1.165) is 38.5 Å². The molecule has 0 saturated heterocycles. The summed E-state index contributed by atoms with van der Waals surface area (Å²) in [4.78, 5) is 33.5. The number of amides is 2. The molecule has 0 aliphatic rings. The van der Waals surface area contributed by atoms with Crippen molar-refractivity contribution in [3.8, 4) is 0 Å². The number of hydrogen-bond acceptors (Lipinski definition) is 3. The van der Waals surface area contributed by atoms with Gasteiger partial charge in [0.15, 0.2) is 0 Å². The van der Waals surface area contributed by atoms with Gasteiger partial charge in [-0.2, -0.15) is 0 Å². The Hall–Kier alpha value is -2.37. The van der Waals surface area contributed by atoms with Crippen molar-refractivity contribution in [3.05, 3.63) is 35.4 Å². The standard InChI is InChI=1S/C21H32N2O4/c1-17-9-11-18(12-10-17)7-6-8-19(24)22-15-4-2-3-5-16-23-20(25)13-14-21(26)27/h9-12H,2-8,13-16H2,1H3,(H,22,24)(H,23,25)(H,26,27). The van der Waals surface area contributed by atoms with E-state index in [9.17, 15) is 14.4 Å². The minimum Gasteiger partial charge on any atom is -0.481 e. The Morgan fingerprint density at radius 3 is 1.89 bits per heavy atom. The minimum absolute atomic E-state index is 0.0330. The van der Waals surface area contributed by atoms with Gasteiger partial charge in [0.1, 0.15) is 0 Å². The molecule has 0 fully saturated rings. The number of rotatable bonds is 14. The van der Waals surface area contributed by atoms with E-state index in [4.69, 9.17) is 5.11 Å². The van der Waals surface area contributed by atoms with Gasteiger partial charge < -0.3 is 15.7 Å². The quantitative estimate of drug-likeness (QED) is 0.435. The average Bonchev–Trinajstić information content (AvgIpc) is 2.63. The zero-order valence-electron chi connectivity index (χ0n) is 16.3. The van der Waals surface area contributed by atoms with Gasteiger partial charge in [0, 0.05) is 25.9 Å². The maximum Gasteiger partial charge on any atom is 0.303 e. The molecule has 6 nitrogen and oxygen atoms in total. The third-order valence-corrected chi connectivity index (χ3v) is 4.30. The molecule has 0 radical (unpaired) electrons. The number of aryl methyl sites for hydroxylation is 2. The molecule has 2 amide bonds. The summed E-state index contributed by atoms with van der Waals surface area (Å²) in [5.74, 6) is -1.06. The molecule has 0 atom stereocenters. The second kappa shape index (κ2) is 13.8. The van der Waals surface area contributed by atoms with Crippen LogP contribution in [0.25, 0.3) is 0 Å². The topological polar surface area (TPSA) is 95.5 Å². The molecular formula is C21H32N2O4. The van der Waals surface area contributed by atoms with E-state index >= 15 is 0 Å². The van der Waals surface area contributed by atoms with Gasteiger partial charge in [-0.25, -0.2) is 0 Å². The van der Waals surface area contributed by atoms with Crippen LogP contribution in [0.15, 0.2) is 24.3 Å². The summed E-state index contributed by atoms with van der Waals surface area (Å²) >= 11 is 0. The van der Waals surface area contributed by atoms with E-state index in [1.165, 1.54) is 11.1 Å². The number of aliphatic carboxylic acids is 1. The summed E-state index contributed by atoms with van der Waals surface area (Å²) in [5, 5.41) is 14.2. The normalized spacial score (nSPS) is 10.4. The summed E-state index contributed by atoms with van der Waals surface area (Å²) in [6.07, 6.45) is 6.00. The van der Waals surface area contributed by atoms with Crippen LogP contribution in [0, 0.1) is 6.92 Å². The Morgan fingerprint density at radius 1 is 0.778 bits per heavy atom. The minimum atomic E-state index is -0.956. The first kappa shape index (κ1) is 22.7. The van der Waals surface area contributed by atoms with E-state index in [1.807, 2.05) is 0 Å². The number of benzene rings is 1. The fourth-order valence-electron chi connectivity index (χ4n) is 2.66. The van der Waals surface area contributed by atoms with Gasteiger partial charge in [0.05, 0.1) is 6.42 Å². The second-order valence-corrected chi connectivity index (χ2v) is 6.85. The molecule has 1 aromatic carbocycles. The van der Waals surface area contributed by atoms with E-state index in [2.05, 4.69) is 41.8 Å². The summed E-state index contributed by atoms with van der Waals surface area (Å²) in [6.45, 7) is 3.33. The van der Waals surface area contributed by atoms with Crippen molar-refractivity contribution < 1.29 is 19.5 Å². The van der Waals surface area contributed by atoms with Gasteiger partial charge in [-0.05, 0) is 38.2 Å². The Balaban J connectivity index is 1.91. The number of nitrogens with one attached hydrogen (secondary N) is 2. The summed E-state index contributed by atoms with van der Waals surface area (Å²) in [5.41, 5.74) is 2.51. The molecule has 1 rings (SSSR count). The van der Waals surface area contributed by atoms with Gasteiger partial charge in [0.2, 0.25) is 11.8 Å². The van der Waals surface area contributed by atoms with Crippen molar-refractivity contribution in [3.63, 3.8) is 0 Å². The lowest BCUT2D eigenvalue weighted by atomic mass is 10.1. The average molecular weight is 376 g/mol. The number of carbonyl (C=O) groups excluding carboxylic acids is 2. The van der Waals surface area contributed by atoms with Crippen LogP contribution < -0.4 is 10.6 Å². The van der Waals surface area contributed by atoms with Gasteiger partial charge in [-0.15, -0.1) is 0 Å². The highest BCUT2D eigenvalue weighted by molar-refractivity contribution is 5.80. The molecule has 0 aliphatic heterocycles. The number of carboxylic acid groups (broad SMARTS) is 1. The molecular weight excluding hydrogens is 344 g/mol. The largest absolute Gasteiger partial charge is 0.481 e. The summed E-state index contributed by atoms with van der Waals surface area (Å²) in [6, 6.07) is 8.41. The van der Waals surface area contributed by atoms with Crippen molar-refractivity contribution in [1.82, 2.24) is 10.6 Å². The number of carbonyl (C=O) groups is 3. The van der Waals surface area contributed by atoms with Gasteiger partial charge in [-0.3, -0.25) is 14.4 Å². The first-order chi connectivity index (χ1) is 13.0. The van der Waals surface area contributed by atoms with Gasteiger partial charge in [-0.1, -0.05) is 42.7 Å². The lowest BCUT2D eigenvalue weighted by Gasteiger charge is -2.06. The molecule has 27 heavy (non-hydrogen) atoms. The molecule has 0 bridgehead atoms. The van der Waals surface area contributed by atoms with Crippen LogP contribution in [0.3, 0.4) is 0 Å². The molecule has 0 aromatic heterocycles. The third-order valence-electron chi connectivity index (χ3n) is 4.30. The van der Waals surface area contributed by atoms with E-state index in [-0.39, 0.29) is 24.7 Å². The first-order valence-corrected chi connectivity index (χ1v) is 9.78. The Morgan fingerprint density at radius 2 is 1.33 bits per heavy atom.